The summed E-state index contributed by atoms with van der Waals surface area (Å²) in [6.45, 7) is 3.97. The molecule has 0 aromatic carbocycles. The molecule has 11 heavy (non-hydrogen) atoms. The number of alkyl halides is 1. The fourth-order valence-electron chi connectivity index (χ4n) is 1.94. The molecule has 1 aliphatic carbocycles. The minimum Gasteiger partial charge on any atom is -0.244 e. The maximum atomic E-state index is 13.4. The molecule has 0 bridgehead atoms. The lowest BCUT2D eigenvalue weighted by Crippen LogP contribution is -2.15. The van der Waals surface area contributed by atoms with Crippen LogP contribution in [0, 0.1) is 5.92 Å². The highest BCUT2D eigenvalue weighted by Crippen LogP contribution is 2.33. The van der Waals surface area contributed by atoms with Crippen molar-refractivity contribution in [2.24, 2.45) is 5.92 Å². The Labute approximate surface area is 69.2 Å². The summed E-state index contributed by atoms with van der Waals surface area (Å²) in [5.41, 5.74) is -0.857. The Morgan fingerprint density at radius 3 is 2.73 bits per heavy atom. The number of hydrogen-bond donors (Lipinski definition) is 0. The summed E-state index contributed by atoms with van der Waals surface area (Å²) in [5.74, 6) is 0.799. The van der Waals surface area contributed by atoms with Gasteiger partial charge in [-0.05, 0) is 32.1 Å². The van der Waals surface area contributed by atoms with Crippen LogP contribution in [0.2, 0.25) is 0 Å². The van der Waals surface area contributed by atoms with Crippen LogP contribution in [-0.2, 0) is 0 Å². The average molecular weight is 158 g/mol. The minimum absolute atomic E-state index is 0.781. The second kappa shape index (κ2) is 3.55. The monoisotopic (exact) mass is 158 g/mol. The summed E-state index contributed by atoms with van der Waals surface area (Å²) in [5, 5.41) is 0. The van der Waals surface area contributed by atoms with Gasteiger partial charge < -0.3 is 0 Å². The molecule has 0 heterocycles. The summed E-state index contributed by atoms with van der Waals surface area (Å²) in [4.78, 5) is 0. The number of rotatable bonds is 1. The molecular weight excluding hydrogens is 139 g/mol. The Morgan fingerprint density at radius 1 is 1.36 bits per heavy atom. The number of halogens is 1. The third-order valence-corrected chi connectivity index (χ3v) is 2.96. The van der Waals surface area contributed by atoms with Gasteiger partial charge in [-0.2, -0.15) is 0 Å². The standard InChI is InChI=1S/C10H19F/c1-3-9-5-4-7-10(2,11)8-6-9/h9H,3-8H2,1-2H3. The van der Waals surface area contributed by atoms with Gasteiger partial charge in [0, 0.05) is 0 Å². The van der Waals surface area contributed by atoms with Crippen molar-refractivity contribution in [1.82, 2.24) is 0 Å². The molecule has 0 amide bonds. The van der Waals surface area contributed by atoms with Crippen LogP contribution in [0.3, 0.4) is 0 Å². The van der Waals surface area contributed by atoms with Gasteiger partial charge in [0.05, 0.1) is 0 Å². The Morgan fingerprint density at radius 2 is 2.09 bits per heavy atom. The quantitative estimate of drug-likeness (QED) is 0.510. The summed E-state index contributed by atoms with van der Waals surface area (Å²) < 4.78 is 13.4. The minimum atomic E-state index is -0.857. The topological polar surface area (TPSA) is 0 Å². The van der Waals surface area contributed by atoms with E-state index in [0.29, 0.717) is 0 Å². The van der Waals surface area contributed by atoms with E-state index in [1.165, 1.54) is 12.8 Å². The highest BCUT2D eigenvalue weighted by molar-refractivity contribution is 4.78. The maximum Gasteiger partial charge on any atom is 0.108 e. The van der Waals surface area contributed by atoms with E-state index in [4.69, 9.17) is 0 Å². The predicted molar refractivity (Wildman–Crippen MR) is 46.4 cm³/mol. The third kappa shape index (κ3) is 2.80. The van der Waals surface area contributed by atoms with E-state index in [1.54, 1.807) is 6.92 Å². The normalized spacial score (nSPS) is 40.1. The molecule has 0 radical (unpaired) electrons. The van der Waals surface area contributed by atoms with Crippen molar-refractivity contribution in [1.29, 1.82) is 0 Å². The molecule has 2 atom stereocenters. The first kappa shape index (κ1) is 9.02. The fraction of sp³-hybridized carbons (Fsp3) is 1.00. The van der Waals surface area contributed by atoms with E-state index in [9.17, 15) is 4.39 Å². The Balaban J connectivity index is 2.39. The summed E-state index contributed by atoms with van der Waals surface area (Å²) in [6, 6.07) is 0. The van der Waals surface area contributed by atoms with Gasteiger partial charge in [-0.25, -0.2) is 4.39 Å². The van der Waals surface area contributed by atoms with Gasteiger partial charge in [-0.15, -0.1) is 0 Å². The van der Waals surface area contributed by atoms with Crippen molar-refractivity contribution < 1.29 is 4.39 Å². The lowest BCUT2D eigenvalue weighted by molar-refractivity contribution is 0.163. The molecule has 0 spiro atoms. The summed E-state index contributed by atoms with van der Waals surface area (Å²) >= 11 is 0. The number of hydrogen-bond acceptors (Lipinski definition) is 0. The second-order valence-electron chi connectivity index (χ2n) is 4.12. The third-order valence-electron chi connectivity index (χ3n) is 2.96. The first-order valence-corrected chi connectivity index (χ1v) is 4.83. The molecule has 0 N–H and O–H groups in total. The maximum absolute atomic E-state index is 13.4. The van der Waals surface area contributed by atoms with Crippen LogP contribution in [0.15, 0.2) is 0 Å². The predicted octanol–water partition coefficient (Wildman–Crippen LogP) is 3.70. The van der Waals surface area contributed by atoms with Gasteiger partial charge in [0.25, 0.3) is 0 Å². The molecule has 1 aliphatic rings. The van der Waals surface area contributed by atoms with Crippen LogP contribution in [0.4, 0.5) is 4.39 Å². The van der Waals surface area contributed by atoms with Crippen molar-refractivity contribution in [2.45, 2.75) is 58.0 Å². The van der Waals surface area contributed by atoms with Gasteiger partial charge in [-0.3, -0.25) is 0 Å². The molecular formula is C10H19F. The molecule has 1 fully saturated rings. The van der Waals surface area contributed by atoms with Gasteiger partial charge in [0.15, 0.2) is 0 Å². The lowest BCUT2D eigenvalue weighted by atomic mass is 9.96. The average Bonchev–Trinajstić information content (AvgIpc) is 2.10. The van der Waals surface area contributed by atoms with Gasteiger partial charge >= 0.3 is 0 Å². The molecule has 66 valence electrons. The Hall–Kier alpha value is -0.0700. The zero-order valence-electron chi connectivity index (χ0n) is 7.70. The highest BCUT2D eigenvalue weighted by Gasteiger charge is 2.27. The summed E-state index contributed by atoms with van der Waals surface area (Å²) in [6.07, 6.45) is 6.23. The SMILES string of the molecule is CCC1CCCC(C)(F)CC1. The van der Waals surface area contributed by atoms with Gasteiger partial charge in [-0.1, -0.05) is 26.2 Å². The van der Waals surface area contributed by atoms with Crippen LogP contribution in [0.25, 0.3) is 0 Å². The van der Waals surface area contributed by atoms with E-state index < -0.39 is 5.67 Å². The van der Waals surface area contributed by atoms with E-state index in [1.807, 2.05) is 0 Å². The summed E-state index contributed by atoms with van der Waals surface area (Å²) in [7, 11) is 0. The van der Waals surface area contributed by atoms with Crippen LogP contribution in [-0.4, -0.2) is 5.67 Å². The molecule has 0 saturated heterocycles. The molecule has 2 unspecified atom stereocenters. The van der Waals surface area contributed by atoms with Crippen LogP contribution in [0.1, 0.15) is 52.4 Å². The van der Waals surface area contributed by atoms with Gasteiger partial charge in [0.1, 0.15) is 5.67 Å². The van der Waals surface area contributed by atoms with E-state index >= 15 is 0 Å². The first-order valence-electron chi connectivity index (χ1n) is 4.83. The van der Waals surface area contributed by atoms with Crippen molar-refractivity contribution in [2.75, 3.05) is 0 Å². The first-order chi connectivity index (χ1) is 5.14. The highest BCUT2D eigenvalue weighted by atomic mass is 19.1. The van der Waals surface area contributed by atoms with Gasteiger partial charge in [0.2, 0.25) is 0 Å². The fourth-order valence-corrected chi connectivity index (χ4v) is 1.94. The van der Waals surface area contributed by atoms with E-state index in [2.05, 4.69) is 6.92 Å². The largest absolute Gasteiger partial charge is 0.244 e. The molecule has 1 rings (SSSR count). The smallest absolute Gasteiger partial charge is 0.108 e. The van der Waals surface area contributed by atoms with Crippen molar-refractivity contribution in [3.63, 3.8) is 0 Å². The zero-order valence-corrected chi connectivity index (χ0v) is 7.70. The Bertz CT molecular complexity index is 118. The van der Waals surface area contributed by atoms with Crippen LogP contribution < -0.4 is 0 Å². The second-order valence-corrected chi connectivity index (χ2v) is 4.12. The Kier molecular flexibility index (Phi) is 2.91. The van der Waals surface area contributed by atoms with E-state index in [-0.39, 0.29) is 0 Å². The van der Waals surface area contributed by atoms with Crippen LogP contribution in [0.5, 0.6) is 0 Å². The molecule has 0 aromatic heterocycles. The molecule has 1 heteroatoms. The van der Waals surface area contributed by atoms with Crippen LogP contribution >= 0.6 is 0 Å². The van der Waals surface area contributed by atoms with E-state index in [0.717, 1.165) is 31.6 Å². The van der Waals surface area contributed by atoms with Crippen molar-refractivity contribution >= 4 is 0 Å². The zero-order chi connectivity index (χ0) is 8.32. The van der Waals surface area contributed by atoms with Crippen molar-refractivity contribution in [3.05, 3.63) is 0 Å². The molecule has 0 aliphatic heterocycles. The van der Waals surface area contributed by atoms with Crippen molar-refractivity contribution in [3.8, 4) is 0 Å². The lowest BCUT2D eigenvalue weighted by Gasteiger charge is -2.16. The molecule has 0 nitrogen and oxygen atoms in total. The molecule has 1 saturated carbocycles. The molecule has 0 aromatic rings.